The Morgan fingerprint density at radius 2 is 1.80 bits per heavy atom. The quantitative estimate of drug-likeness (QED) is 0.474. The van der Waals surface area contributed by atoms with Crippen LogP contribution >= 0.6 is 11.6 Å². The Labute approximate surface area is 208 Å². The smallest absolute Gasteiger partial charge is 0.316 e. The number of piperazine rings is 1. The lowest BCUT2D eigenvalue weighted by Crippen LogP contribution is -2.50. The van der Waals surface area contributed by atoms with E-state index in [4.69, 9.17) is 16.3 Å². The first-order valence-corrected chi connectivity index (χ1v) is 13.0. The Kier molecular flexibility index (Phi) is 7.44. The molecule has 1 aliphatic heterocycles. The van der Waals surface area contributed by atoms with Gasteiger partial charge in [-0.15, -0.1) is 0 Å². The normalized spacial score (nSPS) is 14.9. The molecule has 1 aromatic heterocycles. The van der Waals surface area contributed by atoms with Crippen LogP contribution in [0.4, 0.5) is 10.1 Å². The fraction of sp³-hybridized carbons (Fsp3) is 0.333. The Morgan fingerprint density at radius 1 is 1.09 bits per heavy atom. The fourth-order valence-corrected chi connectivity index (χ4v) is 5.28. The van der Waals surface area contributed by atoms with Crippen LogP contribution in [0.3, 0.4) is 0 Å². The first kappa shape index (κ1) is 25.2. The molecule has 0 atom stereocenters. The van der Waals surface area contributed by atoms with Crippen molar-refractivity contribution in [2.45, 2.75) is 25.7 Å². The number of hydrogen-bond acceptors (Lipinski definition) is 6. The molecule has 0 radical (unpaired) electrons. The molecule has 1 saturated heterocycles. The third-order valence-corrected chi connectivity index (χ3v) is 8.34. The molecule has 186 valence electrons. The maximum Gasteiger partial charge on any atom is 0.316 e. The number of sulfonamides is 1. The van der Waals surface area contributed by atoms with Crippen LogP contribution in [-0.4, -0.2) is 53.9 Å². The van der Waals surface area contributed by atoms with Crippen LogP contribution in [0.1, 0.15) is 19.4 Å². The van der Waals surface area contributed by atoms with Gasteiger partial charge >= 0.3 is 5.56 Å². The highest BCUT2D eigenvalue weighted by atomic mass is 35.5. The molecule has 0 N–H and O–H groups in total. The van der Waals surface area contributed by atoms with Crippen molar-refractivity contribution in [3.05, 3.63) is 81.5 Å². The number of benzene rings is 2. The van der Waals surface area contributed by atoms with Crippen LogP contribution in [0.2, 0.25) is 5.02 Å². The molecule has 1 fully saturated rings. The summed E-state index contributed by atoms with van der Waals surface area (Å²) in [6, 6.07) is 12.9. The van der Waals surface area contributed by atoms with Gasteiger partial charge in [0.15, 0.2) is 0 Å². The molecule has 11 heteroatoms. The summed E-state index contributed by atoms with van der Waals surface area (Å²) < 4.78 is 47.8. The van der Waals surface area contributed by atoms with E-state index < -0.39 is 26.6 Å². The van der Waals surface area contributed by atoms with Crippen molar-refractivity contribution in [3.8, 4) is 11.4 Å². The number of hydrogen-bond donors (Lipinski definition) is 0. The highest BCUT2D eigenvalue weighted by Gasteiger charge is 2.31. The van der Waals surface area contributed by atoms with Crippen molar-refractivity contribution in [1.29, 1.82) is 0 Å². The van der Waals surface area contributed by atoms with Crippen LogP contribution in [0.15, 0.2) is 59.5 Å². The number of aromatic nitrogens is 2. The summed E-state index contributed by atoms with van der Waals surface area (Å²) in [6.45, 7) is 4.38. The molecule has 2 heterocycles. The highest BCUT2D eigenvalue weighted by molar-refractivity contribution is 7.89. The second kappa shape index (κ2) is 10.3. The van der Waals surface area contributed by atoms with Crippen molar-refractivity contribution >= 4 is 27.3 Å². The van der Waals surface area contributed by atoms with Crippen LogP contribution in [0.25, 0.3) is 5.69 Å². The molecule has 3 aromatic rings. The SMILES string of the molecule is CC(C)S(=O)(=O)N1CCN(c2cnn(-c3cccc(Cl)c3)c(=O)c2OCc2ccccc2F)CC1. The Balaban J connectivity index is 1.68. The van der Waals surface area contributed by atoms with E-state index in [1.54, 1.807) is 56.3 Å². The Hall–Kier alpha value is -2.95. The van der Waals surface area contributed by atoms with Gasteiger partial charge in [0, 0.05) is 36.8 Å². The minimum atomic E-state index is -3.38. The third-order valence-electron chi connectivity index (χ3n) is 5.83. The summed E-state index contributed by atoms with van der Waals surface area (Å²) in [7, 11) is -3.38. The highest BCUT2D eigenvalue weighted by Crippen LogP contribution is 2.27. The maximum absolute atomic E-state index is 14.2. The Morgan fingerprint density at radius 3 is 2.46 bits per heavy atom. The number of halogens is 2. The second-order valence-corrected chi connectivity index (χ2v) is 11.3. The van der Waals surface area contributed by atoms with Gasteiger partial charge in [-0.3, -0.25) is 4.79 Å². The summed E-state index contributed by atoms with van der Waals surface area (Å²) in [4.78, 5) is 15.3. The molecule has 0 aliphatic carbocycles. The average molecular weight is 521 g/mol. The van der Waals surface area contributed by atoms with Gasteiger partial charge in [-0.05, 0) is 38.1 Å². The first-order valence-electron chi connectivity index (χ1n) is 11.2. The van der Waals surface area contributed by atoms with E-state index in [9.17, 15) is 17.6 Å². The fourth-order valence-electron chi connectivity index (χ4n) is 3.83. The van der Waals surface area contributed by atoms with E-state index in [0.29, 0.717) is 35.1 Å². The Bertz CT molecular complexity index is 1370. The summed E-state index contributed by atoms with van der Waals surface area (Å²) in [6.07, 6.45) is 1.51. The lowest BCUT2D eigenvalue weighted by Gasteiger charge is -2.36. The predicted molar refractivity (Wildman–Crippen MR) is 133 cm³/mol. The van der Waals surface area contributed by atoms with E-state index in [1.807, 2.05) is 4.90 Å². The van der Waals surface area contributed by atoms with Crippen LogP contribution in [0.5, 0.6) is 5.75 Å². The predicted octanol–water partition coefficient (Wildman–Crippen LogP) is 3.46. The van der Waals surface area contributed by atoms with Gasteiger partial charge in [-0.1, -0.05) is 35.9 Å². The van der Waals surface area contributed by atoms with E-state index in [2.05, 4.69) is 5.10 Å². The number of rotatable bonds is 7. The number of anilines is 1. The molecule has 2 aromatic carbocycles. The number of nitrogens with zero attached hydrogens (tertiary/aromatic N) is 4. The number of ether oxygens (including phenoxy) is 1. The van der Waals surface area contributed by atoms with E-state index >= 15 is 0 Å². The van der Waals surface area contributed by atoms with Gasteiger partial charge in [0.05, 0.1) is 17.1 Å². The standard InChI is InChI=1S/C24H26ClFN4O4S/c1-17(2)35(32,33)29-12-10-28(11-13-29)22-15-27-30(20-8-5-7-19(25)14-20)24(31)23(22)34-16-18-6-3-4-9-21(18)26/h3-9,14-15,17H,10-13,16H2,1-2H3. The largest absolute Gasteiger partial charge is 0.481 e. The summed E-state index contributed by atoms with van der Waals surface area (Å²) >= 11 is 6.09. The lowest BCUT2D eigenvalue weighted by atomic mass is 10.2. The summed E-state index contributed by atoms with van der Waals surface area (Å²) in [5.41, 5.74) is 0.652. The maximum atomic E-state index is 14.2. The molecule has 0 bridgehead atoms. The van der Waals surface area contributed by atoms with Gasteiger partial charge in [0.2, 0.25) is 15.8 Å². The van der Waals surface area contributed by atoms with Gasteiger partial charge in [-0.25, -0.2) is 12.8 Å². The molecule has 0 spiro atoms. The molecule has 0 unspecified atom stereocenters. The third kappa shape index (κ3) is 5.34. The zero-order chi connectivity index (χ0) is 25.2. The zero-order valence-corrected chi connectivity index (χ0v) is 21.0. The second-order valence-electron chi connectivity index (χ2n) is 8.42. The summed E-state index contributed by atoms with van der Waals surface area (Å²) in [5, 5.41) is 4.24. The van der Waals surface area contributed by atoms with E-state index in [-0.39, 0.29) is 25.4 Å². The van der Waals surface area contributed by atoms with Gasteiger partial charge in [0.1, 0.15) is 18.1 Å². The lowest BCUT2D eigenvalue weighted by molar-refractivity contribution is 0.292. The van der Waals surface area contributed by atoms with Crippen molar-refractivity contribution in [2.24, 2.45) is 0 Å². The van der Waals surface area contributed by atoms with Gasteiger partial charge in [0.25, 0.3) is 0 Å². The average Bonchev–Trinajstić information content (AvgIpc) is 2.84. The minimum absolute atomic E-state index is 0.00314. The summed E-state index contributed by atoms with van der Waals surface area (Å²) in [5.74, 6) is -0.436. The monoisotopic (exact) mass is 520 g/mol. The molecular formula is C24H26ClFN4O4S. The van der Waals surface area contributed by atoms with E-state index in [0.717, 1.165) is 0 Å². The minimum Gasteiger partial charge on any atom is -0.481 e. The topological polar surface area (TPSA) is 84.7 Å². The zero-order valence-electron chi connectivity index (χ0n) is 19.4. The first-order chi connectivity index (χ1) is 16.7. The van der Waals surface area contributed by atoms with Crippen molar-refractivity contribution in [1.82, 2.24) is 14.1 Å². The van der Waals surface area contributed by atoms with E-state index in [1.165, 1.54) is 21.3 Å². The van der Waals surface area contributed by atoms with Crippen LogP contribution < -0.4 is 15.2 Å². The molecule has 0 saturated carbocycles. The van der Waals surface area contributed by atoms with Crippen molar-refractivity contribution in [2.75, 3.05) is 31.1 Å². The molecule has 1 aliphatic rings. The molecule has 4 rings (SSSR count). The molecule has 0 amide bonds. The molecular weight excluding hydrogens is 495 g/mol. The molecule has 8 nitrogen and oxygen atoms in total. The van der Waals surface area contributed by atoms with Crippen molar-refractivity contribution in [3.63, 3.8) is 0 Å². The van der Waals surface area contributed by atoms with Crippen molar-refractivity contribution < 1.29 is 17.5 Å². The molecule has 35 heavy (non-hydrogen) atoms. The van der Waals surface area contributed by atoms with Crippen LogP contribution in [-0.2, 0) is 16.6 Å². The van der Waals surface area contributed by atoms with Gasteiger partial charge in [-0.2, -0.15) is 14.1 Å². The van der Waals surface area contributed by atoms with Crippen LogP contribution in [0, 0.1) is 5.82 Å². The van der Waals surface area contributed by atoms with Gasteiger partial charge < -0.3 is 9.64 Å².